The van der Waals surface area contributed by atoms with Crippen LogP contribution in [-0.4, -0.2) is 10.5 Å². The number of aromatic hydroxyl groups is 1. The molecule has 0 atom stereocenters. The molecule has 0 aliphatic carbocycles. The zero-order chi connectivity index (χ0) is 9.52. The van der Waals surface area contributed by atoms with Gasteiger partial charge in [0.2, 0.25) is 0 Å². The number of hydrogen-bond donors (Lipinski definition) is 2. The molecule has 1 N–H and O–H groups in total. The molecule has 0 saturated heterocycles. The van der Waals surface area contributed by atoms with Crippen molar-refractivity contribution in [1.82, 2.24) is 0 Å². The lowest BCUT2D eigenvalue weighted by molar-refractivity contribution is 0.475. The van der Waals surface area contributed by atoms with Gasteiger partial charge in [0.1, 0.15) is 5.75 Å². The van der Waals surface area contributed by atoms with Gasteiger partial charge in [0.05, 0.1) is 0 Å². The van der Waals surface area contributed by atoms with E-state index in [1.54, 1.807) is 12.1 Å². The first-order valence-electron chi connectivity index (χ1n) is 4.64. The van der Waals surface area contributed by atoms with Crippen molar-refractivity contribution in [1.29, 1.82) is 0 Å². The lowest BCUT2D eigenvalue weighted by Crippen LogP contribution is -1.72. The van der Waals surface area contributed by atoms with Gasteiger partial charge in [-0.1, -0.05) is 18.7 Å². The van der Waals surface area contributed by atoms with Gasteiger partial charge in [0.15, 0.2) is 0 Å². The Hall–Kier alpha value is -0.760. The Bertz CT molecular complexity index is 264. The van der Waals surface area contributed by atoms with Crippen molar-refractivity contribution in [3.8, 4) is 5.75 Å². The molecule has 0 amide bonds. The van der Waals surface area contributed by atoms with E-state index in [1.165, 1.54) is 35.5 Å². The average molecular weight is 196 g/mol. The fourth-order valence-corrected chi connectivity index (χ4v) is 1.85. The molecule has 1 nitrogen and oxygen atoms in total. The van der Waals surface area contributed by atoms with E-state index in [4.69, 9.17) is 5.11 Å². The molecule has 0 radical (unpaired) electrons. The van der Waals surface area contributed by atoms with Crippen LogP contribution in [0.5, 0.6) is 5.75 Å². The second-order valence-corrected chi connectivity index (χ2v) is 4.11. The molecule has 0 spiro atoms. The number of phenols is 1. The molecule has 0 fully saturated rings. The van der Waals surface area contributed by atoms with Gasteiger partial charge < -0.3 is 5.11 Å². The minimum Gasteiger partial charge on any atom is -0.508 e. The largest absolute Gasteiger partial charge is 0.508 e. The number of rotatable bonds is 4. The lowest BCUT2D eigenvalue weighted by atomic mass is 10.3. The van der Waals surface area contributed by atoms with Crippen molar-refractivity contribution in [3.63, 3.8) is 0 Å². The summed E-state index contributed by atoms with van der Waals surface area (Å²) in [7, 11) is 0. The van der Waals surface area contributed by atoms with Gasteiger partial charge in [0, 0.05) is 0 Å². The molecule has 1 aromatic carbocycles. The zero-order valence-electron chi connectivity index (χ0n) is 7.90. The predicted molar refractivity (Wildman–Crippen MR) is 60.9 cm³/mol. The SMILES string of the molecule is CCCCC=[SH]c1ccc(O)cc1. The van der Waals surface area contributed by atoms with Crippen molar-refractivity contribution in [2.45, 2.75) is 31.1 Å². The van der Waals surface area contributed by atoms with E-state index in [1.807, 2.05) is 12.1 Å². The van der Waals surface area contributed by atoms with E-state index in [2.05, 4.69) is 12.3 Å². The Labute approximate surface area is 83.4 Å². The molecule has 0 aliphatic rings. The van der Waals surface area contributed by atoms with Gasteiger partial charge in [-0.25, -0.2) is 0 Å². The van der Waals surface area contributed by atoms with Gasteiger partial charge >= 0.3 is 0 Å². The topological polar surface area (TPSA) is 20.2 Å². The normalized spacial score (nSPS) is 11.5. The van der Waals surface area contributed by atoms with Crippen LogP contribution in [0.25, 0.3) is 0 Å². The summed E-state index contributed by atoms with van der Waals surface area (Å²) in [5, 5.41) is 11.3. The molecule has 13 heavy (non-hydrogen) atoms. The van der Waals surface area contributed by atoms with Crippen LogP contribution in [0, 0.1) is 0 Å². The quantitative estimate of drug-likeness (QED) is 0.430. The maximum absolute atomic E-state index is 9.05. The summed E-state index contributed by atoms with van der Waals surface area (Å²) in [6.45, 7) is 2.20. The number of thiol groups is 1. The van der Waals surface area contributed by atoms with Crippen LogP contribution in [0.1, 0.15) is 26.2 Å². The van der Waals surface area contributed by atoms with E-state index >= 15 is 0 Å². The summed E-state index contributed by atoms with van der Waals surface area (Å²) in [5.74, 6) is 0.340. The maximum atomic E-state index is 9.05. The summed E-state index contributed by atoms with van der Waals surface area (Å²) >= 11 is 1.25. The van der Waals surface area contributed by atoms with Crippen LogP contribution in [0.15, 0.2) is 29.2 Å². The molecule has 1 rings (SSSR count). The maximum Gasteiger partial charge on any atom is 0.115 e. The second kappa shape index (κ2) is 5.81. The van der Waals surface area contributed by atoms with Crippen molar-refractivity contribution in [2.75, 3.05) is 0 Å². The van der Waals surface area contributed by atoms with Crippen molar-refractivity contribution in [3.05, 3.63) is 24.3 Å². The molecule has 2 heteroatoms. The fourth-order valence-electron chi connectivity index (χ4n) is 1.00. The summed E-state index contributed by atoms with van der Waals surface area (Å²) in [4.78, 5) is 1.24. The molecule has 0 saturated carbocycles. The first kappa shape index (κ1) is 10.3. The smallest absolute Gasteiger partial charge is 0.115 e. The molecule has 0 aliphatic heterocycles. The minimum absolute atomic E-state index is 0.340. The van der Waals surface area contributed by atoms with Crippen LogP contribution in [0.2, 0.25) is 0 Å². The first-order valence-corrected chi connectivity index (χ1v) is 5.61. The second-order valence-electron chi connectivity index (χ2n) is 2.97. The summed E-state index contributed by atoms with van der Waals surface area (Å²) in [6.07, 6.45) is 3.70. The van der Waals surface area contributed by atoms with Crippen LogP contribution in [-0.2, 0) is 0 Å². The third kappa shape index (κ3) is 4.13. The number of phenolic OH excluding ortho intramolecular Hbond substituents is 1. The third-order valence-electron chi connectivity index (χ3n) is 1.78. The molecule has 72 valence electrons. The van der Waals surface area contributed by atoms with E-state index in [9.17, 15) is 0 Å². The molecular formula is C11H16OS. The van der Waals surface area contributed by atoms with Crippen molar-refractivity contribution < 1.29 is 5.11 Å². The van der Waals surface area contributed by atoms with Gasteiger partial charge in [-0.3, -0.25) is 0 Å². The van der Waals surface area contributed by atoms with Crippen LogP contribution >= 0.6 is 11.4 Å². The predicted octanol–water partition coefficient (Wildman–Crippen LogP) is 3.21. The van der Waals surface area contributed by atoms with E-state index < -0.39 is 0 Å². The highest BCUT2D eigenvalue weighted by atomic mass is 32.1. The number of unbranched alkanes of at least 4 members (excludes halogenated alkanes) is 2. The summed E-state index contributed by atoms with van der Waals surface area (Å²) < 4.78 is 0. The van der Waals surface area contributed by atoms with Crippen LogP contribution in [0.3, 0.4) is 0 Å². The molecule has 0 unspecified atom stereocenters. The summed E-state index contributed by atoms with van der Waals surface area (Å²) in [5.41, 5.74) is 0. The van der Waals surface area contributed by atoms with Crippen molar-refractivity contribution >= 4 is 16.7 Å². The highest BCUT2D eigenvalue weighted by Crippen LogP contribution is 2.15. The fraction of sp³-hybridized carbons (Fsp3) is 0.364. The standard InChI is InChI=1S/C11H16OS/c1-2-3-4-9-13-11-7-5-10(12)6-8-11/h5-9,12-13H,2-4H2,1H3. The Morgan fingerprint density at radius 3 is 2.62 bits per heavy atom. The van der Waals surface area contributed by atoms with Gasteiger partial charge in [-0.2, -0.15) is 11.4 Å². The number of benzene rings is 1. The average Bonchev–Trinajstić information content (AvgIpc) is 2.15. The molecule has 0 heterocycles. The monoisotopic (exact) mass is 196 g/mol. The Balaban J connectivity index is 2.44. The van der Waals surface area contributed by atoms with Crippen LogP contribution in [0.4, 0.5) is 0 Å². The number of hydrogen-bond acceptors (Lipinski definition) is 1. The lowest BCUT2D eigenvalue weighted by Gasteiger charge is -1.94. The van der Waals surface area contributed by atoms with Gasteiger partial charge in [-0.15, -0.1) is 0 Å². The van der Waals surface area contributed by atoms with E-state index in [0.29, 0.717) is 5.75 Å². The van der Waals surface area contributed by atoms with E-state index in [0.717, 1.165) is 0 Å². The zero-order valence-corrected chi connectivity index (χ0v) is 8.80. The van der Waals surface area contributed by atoms with Gasteiger partial charge in [-0.05, 0) is 42.0 Å². The Kier molecular flexibility index (Phi) is 4.61. The highest BCUT2D eigenvalue weighted by Gasteiger charge is 1.86. The van der Waals surface area contributed by atoms with Gasteiger partial charge in [0.25, 0.3) is 0 Å². The first-order chi connectivity index (χ1) is 6.33. The van der Waals surface area contributed by atoms with Crippen LogP contribution < -0.4 is 0 Å². The molecule has 1 aromatic rings. The third-order valence-corrected chi connectivity index (χ3v) is 2.81. The highest BCUT2D eigenvalue weighted by molar-refractivity contribution is 7.97. The molecule has 0 aromatic heterocycles. The van der Waals surface area contributed by atoms with E-state index in [-0.39, 0.29) is 0 Å². The molecular weight excluding hydrogens is 180 g/mol. The Morgan fingerprint density at radius 1 is 1.31 bits per heavy atom. The minimum atomic E-state index is 0.340. The molecule has 0 bridgehead atoms. The Morgan fingerprint density at radius 2 is 2.00 bits per heavy atom. The van der Waals surface area contributed by atoms with Crippen molar-refractivity contribution in [2.24, 2.45) is 0 Å². The summed E-state index contributed by atoms with van der Waals surface area (Å²) in [6, 6.07) is 7.38.